The van der Waals surface area contributed by atoms with Gasteiger partial charge in [-0.2, -0.15) is 0 Å². The van der Waals surface area contributed by atoms with Crippen molar-refractivity contribution in [1.82, 2.24) is 9.97 Å². The summed E-state index contributed by atoms with van der Waals surface area (Å²) >= 11 is 0. The standard InChI is InChI=1S/C13H19N3/c1-2-10-6-14-13(15-7-10)16-8-11-4-3-5-12(11)9-16/h6-7,11-12H,2-5,8-9H2,1H3/t11-,12?/m0/s1. The first-order valence-corrected chi connectivity index (χ1v) is 6.42. The predicted octanol–water partition coefficient (Wildman–Crippen LogP) is 2.28. The molecule has 1 saturated heterocycles. The Hall–Kier alpha value is -1.12. The van der Waals surface area contributed by atoms with Gasteiger partial charge in [0.25, 0.3) is 0 Å². The summed E-state index contributed by atoms with van der Waals surface area (Å²) in [5.74, 6) is 2.76. The molecule has 1 unspecified atom stereocenters. The van der Waals surface area contributed by atoms with Gasteiger partial charge in [0.05, 0.1) is 0 Å². The second-order valence-electron chi connectivity index (χ2n) is 5.10. The molecule has 0 N–H and O–H groups in total. The van der Waals surface area contributed by atoms with Crippen molar-refractivity contribution in [3.8, 4) is 0 Å². The molecule has 2 heterocycles. The number of fused-ring (bicyclic) bond motifs is 1. The third-order valence-corrected chi connectivity index (χ3v) is 4.11. The molecule has 3 rings (SSSR count). The Kier molecular flexibility index (Phi) is 2.54. The Morgan fingerprint density at radius 2 is 1.81 bits per heavy atom. The molecule has 2 fully saturated rings. The van der Waals surface area contributed by atoms with Crippen molar-refractivity contribution in [3.63, 3.8) is 0 Å². The highest BCUT2D eigenvalue weighted by Crippen LogP contribution is 2.38. The molecule has 0 amide bonds. The van der Waals surface area contributed by atoms with Crippen molar-refractivity contribution in [1.29, 1.82) is 0 Å². The molecule has 1 saturated carbocycles. The van der Waals surface area contributed by atoms with E-state index in [1.807, 2.05) is 12.4 Å². The third-order valence-electron chi connectivity index (χ3n) is 4.11. The number of hydrogen-bond acceptors (Lipinski definition) is 3. The highest BCUT2D eigenvalue weighted by molar-refractivity contribution is 5.32. The van der Waals surface area contributed by atoms with Crippen molar-refractivity contribution in [3.05, 3.63) is 18.0 Å². The van der Waals surface area contributed by atoms with Crippen LogP contribution in [-0.4, -0.2) is 23.1 Å². The predicted molar refractivity (Wildman–Crippen MR) is 64.5 cm³/mol. The molecule has 86 valence electrons. The molecule has 3 heteroatoms. The molecule has 2 aliphatic rings. The molecule has 2 atom stereocenters. The van der Waals surface area contributed by atoms with E-state index in [1.165, 1.54) is 37.9 Å². The Bertz CT molecular complexity index is 348. The first-order chi connectivity index (χ1) is 7.86. The molecular formula is C13H19N3. The van der Waals surface area contributed by atoms with Crippen molar-refractivity contribution in [2.45, 2.75) is 32.6 Å². The summed E-state index contributed by atoms with van der Waals surface area (Å²) in [6, 6.07) is 0. The fourth-order valence-corrected chi connectivity index (χ4v) is 3.09. The number of nitrogens with zero attached hydrogens (tertiary/aromatic N) is 3. The van der Waals surface area contributed by atoms with Gasteiger partial charge in [-0.25, -0.2) is 9.97 Å². The molecule has 3 nitrogen and oxygen atoms in total. The van der Waals surface area contributed by atoms with Crippen LogP contribution in [0.4, 0.5) is 5.95 Å². The maximum absolute atomic E-state index is 4.47. The van der Waals surface area contributed by atoms with Crippen molar-refractivity contribution in [2.75, 3.05) is 18.0 Å². The zero-order valence-electron chi connectivity index (χ0n) is 9.89. The van der Waals surface area contributed by atoms with Crippen LogP contribution < -0.4 is 4.90 Å². The molecule has 1 aromatic rings. The summed E-state index contributed by atoms with van der Waals surface area (Å²) < 4.78 is 0. The van der Waals surface area contributed by atoms with Gasteiger partial charge in [0.2, 0.25) is 5.95 Å². The van der Waals surface area contributed by atoms with E-state index in [0.717, 1.165) is 24.2 Å². The fourth-order valence-electron chi connectivity index (χ4n) is 3.09. The molecule has 16 heavy (non-hydrogen) atoms. The molecule has 1 aliphatic carbocycles. The van der Waals surface area contributed by atoms with Gasteiger partial charge in [0.15, 0.2) is 0 Å². The van der Waals surface area contributed by atoms with Crippen LogP contribution in [0.1, 0.15) is 31.7 Å². The van der Waals surface area contributed by atoms with Crippen LogP contribution in [0.25, 0.3) is 0 Å². The maximum atomic E-state index is 4.47. The molecule has 0 spiro atoms. The van der Waals surface area contributed by atoms with Crippen LogP contribution in [0.15, 0.2) is 12.4 Å². The Morgan fingerprint density at radius 3 is 2.38 bits per heavy atom. The van der Waals surface area contributed by atoms with Gasteiger partial charge in [0, 0.05) is 25.5 Å². The third kappa shape index (κ3) is 1.68. The van der Waals surface area contributed by atoms with E-state index in [1.54, 1.807) is 0 Å². The minimum Gasteiger partial charge on any atom is -0.340 e. The lowest BCUT2D eigenvalue weighted by Crippen LogP contribution is -2.23. The summed E-state index contributed by atoms with van der Waals surface area (Å²) in [4.78, 5) is 11.3. The average Bonchev–Trinajstić information content (AvgIpc) is 2.89. The van der Waals surface area contributed by atoms with Crippen LogP contribution in [0.5, 0.6) is 0 Å². The first kappa shape index (κ1) is 10.1. The Labute approximate surface area is 96.9 Å². The van der Waals surface area contributed by atoms with E-state index in [4.69, 9.17) is 0 Å². The van der Waals surface area contributed by atoms with Crippen LogP contribution in [0.2, 0.25) is 0 Å². The van der Waals surface area contributed by atoms with E-state index in [0.29, 0.717) is 0 Å². The first-order valence-electron chi connectivity index (χ1n) is 6.42. The van der Waals surface area contributed by atoms with Crippen LogP contribution in [0, 0.1) is 11.8 Å². The summed E-state index contributed by atoms with van der Waals surface area (Å²) in [6.45, 7) is 4.49. The molecule has 1 aromatic heterocycles. The van der Waals surface area contributed by atoms with Gasteiger partial charge in [-0.3, -0.25) is 0 Å². The van der Waals surface area contributed by atoms with Crippen molar-refractivity contribution >= 4 is 5.95 Å². The van der Waals surface area contributed by atoms with Crippen molar-refractivity contribution in [2.24, 2.45) is 11.8 Å². The quantitative estimate of drug-likeness (QED) is 0.761. The zero-order chi connectivity index (χ0) is 11.0. The molecule has 0 aromatic carbocycles. The average molecular weight is 217 g/mol. The van der Waals surface area contributed by atoms with E-state index in [2.05, 4.69) is 21.8 Å². The highest BCUT2D eigenvalue weighted by atomic mass is 15.3. The van der Waals surface area contributed by atoms with E-state index >= 15 is 0 Å². The second-order valence-corrected chi connectivity index (χ2v) is 5.10. The summed E-state index contributed by atoms with van der Waals surface area (Å²) in [5.41, 5.74) is 1.23. The number of hydrogen-bond donors (Lipinski definition) is 0. The second kappa shape index (κ2) is 4.04. The van der Waals surface area contributed by atoms with Crippen LogP contribution in [-0.2, 0) is 6.42 Å². The Morgan fingerprint density at radius 1 is 1.19 bits per heavy atom. The maximum Gasteiger partial charge on any atom is 0.225 e. The zero-order valence-corrected chi connectivity index (χ0v) is 9.89. The molecule has 0 bridgehead atoms. The summed E-state index contributed by atoms with van der Waals surface area (Å²) in [7, 11) is 0. The minimum absolute atomic E-state index is 0.912. The lowest BCUT2D eigenvalue weighted by atomic mass is 10.0. The summed E-state index contributed by atoms with van der Waals surface area (Å²) in [6.07, 6.45) is 9.21. The van der Waals surface area contributed by atoms with Crippen LogP contribution >= 0.6 is 0 Å². The van der Waals surface area contributed by atoms with E-state index < -0.39 is 0 Å². The van der Waals surface area contributed by atoms with Crippen LogP contribution in [0.3, 0.4) is 0 Å². The highest BCUT2D eigenvalue weighted by Gasteiger charge is 2.36. The lowest BCUT2D eigenvalue weighted by Gasteiger charge is -2.16. The van der Waals surface area contributed by atoms with Gasteiger partial charge in [-0.1, -0.05) is 13.3 Å². The molecule has 0 radical (unpaired) electrons. The van der Waals surface area contributed by atoms with Gasteiger partial charge >= 0.3 is 0 Å². The SMILES string of the molecule is CCc1cnc(N2CC3CCC[C@H]3C2)nc1. The number of anilines is 1. The largest absolute Gasteiger partial charge is 0.340 e. The van der Waals surface area contributed by atoms with E-state index in [9.17, 15) is 0 Å². The van der Waals surface area contributed by atoms with E-state index in [-0.39, 0.29) is 0 Å². The number of aromatic nitrogens is 2. The van der Waals surface area contributed by atoms with Gasteiger partial charge < -0.3 is 4.90 Å². The van der Waals surface area contributed by atoms with Gasteiger partial charge in [-0.05, 0) is 36.7 Å². The fraction of sp³-hybridized carbons (Fsp3) is 0.692. The Balaban J connectivity index is 1.73. The molecule has 1 aliphatic heterocycles. The lowest BCUT2D eigenvalue weighted by molar-refractivity contribution is 0.494. The van der Waals surface area contributed by atoms with Gasteiger partial charge in [0.1, 0.15) is 0 Å². The number of aryl methyl sites for hydroxylation is 1. The minimum atomic E-state index is 0.912. The molecular weight excluding hydrogens is 198 g/mol. The summed E-state index contributed by atoms with van der Waals surface area (Å²) in [5, 5.41) is 0. The smallest absolute Gasteiger partial charge is 0.225 e. The van der Waals surface area contributed by atoms with Gasteiger partial charge in [-0.15, -0.1) is 0 Å². The normalized spacial score (nSPS) is 28.4. The topological polar surface area (TPSA) is 29.0 Å². The number of rotatable bonds is 2. The monoisotopic (exact) mass is 217 g/mol. The van der Waals surface area contributed by atoms with Crippen molar-refractivity contribution < 1.29 is 0 Å².